The zero-order valence-electron chi connectivity index (χ0n) is 15.0. The molecule has 2 aromatic rings. The Morgan fingerprint density at radius 2 is 2.00 bits per heavy atom. The van der Waals surface area contributed by atoms with Gasteiger partial charge in [0.05, 0.1) is 17.3 Å². The van der Waals surface area contributed by atoms with Crippen molar-refractivity contribution in [1.82, 2.24) is 4.98 Å². The molecular formula is C21H24N2O3. The Morgan fingerprint density at radius 3 is 2.62 bits per heavy atom. The van der Waals surface area contributed by atoms with Crippen molar-refractivity contribution < 1.29 is 14.3 Å². The van der Waals surface area contributed by atoms with Gasteiger partial charge in [-0.1, -0.05) is 42.5 Å². The SMILES string of the molecule is C=CCOc1ccc(NC(=O)C2(c3ccc(C)cc3)CCOCC2)cn1. The lowest BCUT2D eigenvalue weighted by atomic mass is 9.73. The van der Waals surface area contributed by atoms with Crippen molar-refractivity contribution in [1.29, 1.82) is 0 Å². The summed E-state index contributed by atoms with van der Waals surface area (Å²) in [5.74, 6) is 0.480. The van der Waals surface area contributed by atoms with E-state index in [0.717, 1.165) is 5.56 Å². The maximum atomic E-state index is 13.2. The molecule has 1 amide bonds. The van der Waals surface area contributed by atoms with Gasteiger partial charge in [-0.3, -0.25) is 4.79 Å². The molecule has 1 N–H and O–H groups in total. The van der Waals surface area contributed by atoms with Crippen molar-refractivity contribution in [2.45, 2.75) is 25.2 Å². The number of hydrogen-bond donors (Lipinski definition) is 1. The second-order valence-electron chi connectivity index (χ2n) is 6.50. The summed E-state index contributed by atoms with van der Waals surface area (Å²) in [4.78, 5) is 17.4. The van der Waals surface area contributed by atoms with Crippen LogP contribution in [0.5, 0.6) is 5.88 Å². The van der Waals surface area contributed by atoms with Gasteiger partial charge in [-0.05, 0) is 31.4 Å². The van der Waals surface area contributed by atoms with Crippen molar-refractivity contribution in [3.05, 3.63) is 66.4 Å². The van der Waals surface area contributed by atoms with Crippen molar-refractivity contribution in [2.24, 2.45) is 0 Å². The lowest BCUT2D eigenvalue weighted by Gasteiger charge is -2.36. The second-order valence-corrected chi connectivity index (χ2v) is 6.50. The molecule has 1 aliphatic heterocycles. The van der Waals surface area contributed by atoms with Crippen LogP contribution in [0.2, 0.25) is 0 Å². The molecule has 1 saturated heterocycles. The Hall–Kier alpha value is -2.66. The Labute approximate surface area is 154 Å². The summed E-state index contributed by atoms with van der Waals surface area (Å²) in [6.07, 6.45) is 4.60. The van der Waals surface area contributed by atoms with Gasteiger partial charge in [0.2, 0.25) is 11.8 Å². The number of carbonyl (C=O) groups excluding carboxylic acids is 1. The molecule has 2 heterocycles. The Bertz CT molecular complexity index is 748. The van der Waals surface area contributed by atoms with Gasteiger partial charge in [-0.25, -0.2) is 4.98 Å². The molecule has 5 heteroatoms. The van der Waals surface area contributed by atoms with Crippen molar-refractivity contribution >= 4 is 11.6 Å². The number of aryl methyl sites for hydroxylation is 1. The number of nitrogens with zero attached hydrogens (tertiary/aromatic N) is 1. The van der Waals surface area contributed by atoms with E-state index in [1.165, 1.54) is 5.56 Å². The minimum atomic E-state index is -0.579. The molecule has 5 nitrogen and oxygen atoms in total. The molecule has 3 rings (SSSR count). The van der Waals surface area contributed by atoms with Gasteiger partial charge < -0.3 is 14.8 Å². The van der Waals surface area contributed by atoms with E-state index in [0.29, 0.717) is 44.2 Å². The highest BCUT2D eigenvalue weighted by molar-refractivity contribution is 5.99. The number of anilines is 1. The van der Waals surface area contributed by atoms with E-state index in [9.17, 15) is 4.79 Å². The number of benzene rings is 1. The summed E-state index contributed by atoms with van der Waals surface area (Å²) in [5, 5.41) is 3.02. The van der Waals surface area contributed by atoms with E-state index in [1.54, 1.807) is 24.4 Å². The highest BCUT2D eigenvalue weighted by atomic mass is 16.5. The van der Waals surface area contributed by atoms with Crippen LogP contribution in [0, 0.1) is 6.92 Å². The summed E-state index contributed by atoms with van der Waals surface area (Å²) in [6, 6.07) is 11.7. The minimum Gasteiger partial charge on any atom is -0.473 e. The molecule has 0 unspecified atom stereocenters. The van der Waals surface area contributed by atoms with E-state index >= 15 is 0 Å². The van der Waals surface area contributed by atoms with Crippen LogP contribution in [0.25, 0.3) is 0 Å². The van der Waals surface area contributed by atoms with Crippen molar-refractivity contribution in [2.75, 3.05) is 25.1 Å². The predicted octanol–water partition coefficient (Wildman–Crippen LogP) is 3.64. The highest BCUT2D eigenvalue weighted by Crippen LogP contribution is 2.36. The number of rotatable bonds is 6. The number of amides is 1. The normalized spacial score (nSPS) is 15.9. The fourth-order valence-corrected chi connectivity index (χ4v) is 3.17. The molecule has 0 radical (unpaired) electrons. The molecule has 0 spiro atoms. The zero-order chi connectivity index (χ0) is 18.4. The first kappa shape index (κ1) is 18.1. The number of carbonyl (C=O) groups is 1. The van der Waals surface area contributed by atoms with Crippen LogP contribution >= 0.6 is 0 Å². The molecule has 0 saturated carbocycles. The fourth-order valence-electron chi connectivity index (χ4n) is 3.17. The maximum Gasteiger partial charge on any atom is 0.235 e. The van der Waals surface area contributed by atoms with Gasteiger partial charge in [-0.15, -0.1) is 0 Å². The summed E-state index contributed by atoms with van der Waals surface area (Å²) in [6.45, 7) is 7.20. The van der Waals surface area contributed by atoms with Crippen LogP contribution in [0.1, 0.15) is 24.0 Å². The largest absolute Gasteiger partial charge is 0.473 e. The van der Waals surface area contributed by atoms with Crippen LogP contribution in [-0.4, -0.2) is 30.7 Å². The van der Waals surface area contributed by atoms with Gasteiger partial charge in [0, 0.05) is 19.3 Å². The van der Waals surface area contributed by atoms with Gasteiger partial charge >= 0.3 is 0 Å². The number of aromatic nitrogens is 1. The van der Waals surface area contributed by atoms with E-state index in [4.69, 9.17) is 9.47 Å². The molecule has 1 aromatic carbocycles. The van der Waals surface area contributed by atoms with Crippen molar-refractivity contribution in [3.63, 3.8) is 0 Å². The molecule has 136 valence electrons. The van der Waals surface area contributed by atoms with E-state index in [-0.39, 0.29) is 5.91 Å². The van der Waals surface area contributed by atoms with Gasteiger partial charge in [0.1, 0.15) is 6.61 Å². The third-order valence-electron chi connectivity index (χ3n) is 4.73. The minimum absolute atomic E-state index is 0.0220. The average Bonchev–Trinajstić information content (AvgIpc) is 2.68. The summed E-state index contributed by atoms with van der Waals surface area (Å²) in [7, 11) is 0. The maximum absolute atomic E-state index is 13.2. The van der Waals surface area contributed by atoms with E-state index in [2.05, 4.69) is 16.9 Å². The Balaban J connectivity index is 1.79. The first-order chi connectivity index (χ1) is 12.6. The Kier molecular flexibility index (Phi) is 5.68. The van der Waals surface area contributed by atoms with E-state index in [1.807, 2.05) is 31.2 Å². The summed E-state index contributed by atoms with van der Waals surface area (Å²) in [5.41, 5.74) is 2.28. The molecule has 0 atom stereocenters. The lowest BCUT2D eigenvalue weighted by molar-refractivity contribution is -0.125. The fraction of sp³-hybridized carbons (Fsp3) is 0.333. The lowest BCUT2D eigenvalue weighted by Crippen LogP contribution is -2.44. The number of hydrogen-bond acceptors (Lipinski definition) is 4. The first-order valence-corrected chi connectivity index (χ1v) is 8.80. The molecule has 1 aliphatic rings. The highest BCUT2D eigenvalue weighted by Gasteiger charge is 2.41. The van der Waals surface area contributed by atoms with Crippen LogP contribution in [0.15, 0.2) is 55.3 Å². The second kappa shape index (κ2) is 8.15. The van der Waals surface area contributed by atoms with Crippen LogP contribution in [0.3, 0.4) is 0 Å². The molecule has 0 aliphatic carbocycles. The van der Waals surface area contributed by atoms with Crippen molar-refractivity contribution in [3.8, 4) is 5.88 Å². The third-order valence-corrected chi connectivity index (χ3v) is 4.73. The number of pyridine rings is 1. The molecule has 26 heavy (non-hydrogen) atoms. The monoisotopic (exact) mass is 352 g/mol. The first-order valence-electron chi connectivity index (χ1n) is 8.80. The standard InChI is InChI=1S/C21H24N2O3/c1-3-12-26-19-9-8-18(15-22-19)23-20(24)21(10-13-25-14-11-21)17-6-4-16(2)5-7-17/h3-9,15H,1,10-14H2,2H3,(H,23,24). The summed E-state index contributed by atoms with van der Waals surface area (Å²) < 4.78 is 10.9. The van der Waals surface area contributed by atoms with Crippen LogP contribution in [-0.2, 0) is 14.9 Å². The molecule has 1 aromatic heterocycles. The van der Waals surface area contributed by atoms with E-state index < -0.39 is 5.41 Å². The molecular weight excluding hydrogens is 328 g/mol. The number of nitrogens with one attached hydrogen (secondary N) is 1. The third kappa shape index (κ3) is 3.94. The topological polar surface area (TPSA) is 60.5 Å². The quantitative estimate of drug-likeness (QED) is 0.806. The predicted molar refractivity (Wildman–Crippen MR) is 101 cm³/mol. The molecule has 0 bridgehead atoms. The summed E-state index contributed by atoms with van der Waals surface area (Å²) >= 11 is 0. The smallest absolute Gasteiger partial charge is 0.235 e. The van der Waals surface area contributed by atoms with Crippen LogP contribution in [0.4, 0.5) is 5.69 Å². The average molecular weight is 352 g/mol. The van der Waals surface area contributed by atoms with Gasteiger partial charge in [0.15, 0.2) is 0 Å². The zero-order valence-corrected chi connectivity index (χ0v) is 15.0. The Morgan fingerprint density at radius 1 is 1.27 bits per heavy atom. The van der Waals surface area contributed by atoms with Crippen LogP contribution < -0.4 is 10.1 Å². The number of ether oxygens (including phenoxy) is 2. The van der Waals surface area contributed by atoms with Gasteiger partial charge in [0.25, 0.3) is 0 Å². The molecule has 1 fully saturated rings. The van der Waals surface area contributed by atoms with Gasteiger partial charge in [-0.2, -0.15) is 0 Å².